The molecular formula is C45H27N3OS. The van der Waals surface area contributed by atoms with Gasteiger partial charge in [-0.05, 0) is 41.0 Å². The van der Waals surface area contributed by atoms with Crippen LogP contribution in [0.2, 0.25) is 0 Å². The van der Waals surface area contributed by atoms with Crippen molar-refractivity contribution >= 4 is 53.4 Å². The number of nitrogens with zero attached hydrogens (tertiary/aromatic N) is 3. The third kappa shape index (κ3) is 4.79. The van der Waals surface area contributed by atoms with Gasteiger partial charge in [-0.15, -0.1) is 11.3 Å². The molecule has 0 radical (unpaired) electrons. The van der Waals surface area contributed by atoms with Crippen molar-refractivity contribution < 1.29 is 4.42 Å². The molecule has 0 N–H and O–H groups in total. The molecule has 3 aromatic heterocycles. The van der Waals surface area contributed by atoms with Crippen LogP contribution >= 0.6 is 11.3 Å². The number of furan rings is 1. The van der Waals surface area contributed by atoms with Crippen LogP contribution in [0.5, 0.6) is 0 Å². The van der Waals surface area contributed by atoms with Crippen molar-refractivity contribution in [2.24, 2.45) is 0 Å². The van der Waals surface area contributed by atoms with E-state index in [0.717, 1.165) is 38.6 Å². The fourth-order valence-electron chi connectivity index (χ4n) is 6.95. The molecule has 4 nitrogen and oxygen atoms in total. The molecule has 0 bridgehead atoms. The zero-order valence-electron chi connectivity index (χ0n) is 26.7. The Balaban J connectivity index is 1.11. The molecule has 5 heteroatoms. The van der Waals surface area contributed by atoms with Crippen LogP contribution in [0.15, 0.2) is 168 Å². The Labute approximate surface area is 292 Å². The second-order valence-corrected chi connectivity index (χ2v) is 13.4. The van der Waals surface area contributed by atoms with E-state index < -0.39 is 0 Å². The number of aromatic nitrogens is 3. The first kappa shape index (κ1) is 28.6. The monoisotopic (exact) mass is 657 g/mol. The van der Waals surface area contributed by atoms with Gasteiger partial charge in [-0.3, -0.25) is 0 Å². The van der Waals surface area contributed by atoms with E-state index in [1.54, 1.807) is 0 Å². The molecule has 0 atom stereocenters. The third-order valence-electron chi connectivity index (χ3n) is 9.36. The van der Waals surface area contributed by atoms with Crippen molar-refractivity contribution in [1.82, 2.24) is 15.0 Å². The Hall–Kier alpha value is -6.43. The van der Waals surface area contributed by atoms with Crippen molar-refractivity contribution in [2.45, 2.75) is 0 Å². The molecule has 10 rings (SSSR count). The Morgan fingerprint density at radius 2 is 0.940 bits per heavy atom. The predicted octanol–water partition coefficient (Wildman–Crippen LogP) is 12.5. The van der Waals surface area contributed by atoms with Crippen molar-refractivity contribution in [3.05, 3.63) is 164 Å². The molecule has 3 heterocycles. The third-order valence-corrected chi connectivity index (χ3v) is 10.6. The van der Waals surface area contributed by atoms with Gasteiger partial charge in [0.15, 0.2) is 17.5 Å². The van der Waals surface area contributed by atoms with Crippen LogP contribution in [0.1, 0.15) is 0 Å². The summed E-state index contributed by atoms with van der Waals surface area (Å²) in [6.07, 6.45) is 0. The van der Waals surface area contributed by atoms with Crippen LogP contribution in [0.4, 0.5) is 0 Å². The molecule has 0 saturated carbocycles. The number of rotatable bonds is 5. The van der Waals surface area contributed by atoms with Crippen molar-refractivity contribution in [3.8, 4) is 56.4 Å². The lowest BCUT2D eigenvalue weighted by atomic mass is 9.93. The number of benzene rings is 7. The fourth-order valence-corrected chi connectivity index (χ4v) is 8.22. The molecule has 7 aromatic carbocycles. The van der Waals surface area contributed by atoms with Crippen LogP contribution in [0.3, 0.4) is 0 Å². The standard InChI is InChI=1S/C45H27N3OS/c1-3-12-28(13-4-1)43-46-44(29-14-5-2-6-15-29)48-45(47-43)31-22-24-35-37-20-11-19-36(42(37)50-41(35)27-31)33-17-8-7-16-32(33)30-23-25-40-38(26-30)34-18-9-10-21-39(34)49-40/h1-27H. The minimum absolute atomic E-state index is 0.657. The van der Waals surface area contributed by atoms with E-state index in [9.17, 15) is 0 Å². The highest BCUT2D eigenvalue weighted by Gasteiger charge is 2.17. The lowest BCUT2D eigenvalue weighted by Gasteiger charge is -2.11. The van der Waals surface area contributed by atoms with Gasteiger partial charge in [-0.25, -0.2) is 15.0 Å². The summed E-state index contributed by atoms with van der Waals surface area (Å²) in [4.78, 5) is 14.8. The minimum Gasteiger partial charge on any atom is -0.456 e. The van der Waals surface area contributed by atoms with Gasteiger partial charge in [0.2, 0.25) is 0 Å². The smallest absolute Gasteiger partial charge is 0.164 e. The van der Waals surface area contributed by atoms with E-state index in [2.05, 4.69) is 91.0 Å². The molecule has 10 aromatic rings. The van der Waals surface area contributed by atoms with Crippen molar-refractivity contribution in [3.63, 3.8) is 0 Å². The maximum Gasteiger partial charge on any atom is 0.164 e. The Kier molecular flexibility index (Phi) is 6.64. The Morgan fingerprint density at radius 1 is 0.360 bits per heavy atom. The van der Waals surface area contributed by atoms with Crippen LogP contribution in [-0.4, -0.2) is 15.0 Å². The van der Waals surface area contributed by atoms with E-state index in [1.165, 1.54) is 42.4 Å². The molecule has 0 spiro atoms. The van der Waals surface area contributed by atoms with Crippen LogP contribution < -0.4 is 0 Å². The van der Waals surface area contributed by atoms with Gasteiger partial charge in [0.1, 0.15) is 11.2 Å². The molecule has 234 valence electrons. The van der Waals surface area contributed by atoms with Gasteiger partial charge >= 0.3 is 0 Å². The average molecular weight is 658 g/mol. The summed E-state index contributed by atoms with van der Waals surface area (Å²) < 4.78 is 8.59. The summed E-state index contributed by atoms with van der Waals surface area (Å²) >= 11 is 1.82. The molecular weight excluding hydrogens is 631 g/mol. The number of hydrogen-bond donors (Lipinski definition) is 0. The highest BCUT2D eigenvalue weighted by Crippen LogP contribution is 2.44. The summed E-state index contributed by atoms with van der Waals surface area (Å²) in [5.74, 6) is 1.97. The highest BCUT2D eigenvalue weighted by molar-refractivity contribution is 7.26. The molecule has 0 aliphatic carbocycles. The predicted molar refractivity (Wildman–Crippen MR) is 207 cm³/mol. The molecule has 0 unspecified atom stereocenters. The minimum atomic E-state index is 0.657. The lowest BCUT2D eigenvalue weighted by Crippen LogP contribution is -1.99. The maximum atomic E-state index is 6.14. The number of para-hydroxylation sites is 1. The van der Waals surface area contributed by atoms with Gasteiger partial charge in [-0.2, -0.15) is 0 Å². The van der Waals surface area contributed by atoms with Crippen LogP contribution in [0.25, 0.3) is 98.5 Å². The number of hydrogen-bond acceptors (Lipinski definition) is 5. The summed E-state index contributed by atoms with van der Waals surface area (Å²) in [6, 6.07) is 56.9. The average Bonchev–Trinajstić information content (AvgIpc) is 3.76. The zero-order valence-corrected chi connectivity index (χ0v) is 27.6. The van der Waals surface area contributed by atoms with E-state index in [0.29, 0.717) is 17.5 Å². The van der Waals surface area contributed by atoms with E-state index in [4.69, 9.17) is 19.4 Å². The molecule has 0 amide bonds. The van der Waals surface area contributed by atoms with E-state index >= 15 is 0 Å². The summed E-state index contributed by atoms with van der Waals surface area (Å²) in [5, 5.41) is 4.73. The quantitative estimate of drug-likeness (QED) is 0.185. The number of fused-ring (bicyclic) bond motifs is 6. The van der Waals surface area contributed by atoms with Gasteiger partial charge in [0, 0.05) is 53.2 Å². The molecule has 0 fully saturated rings. The van der Waals surface area contributed by atoms with E-state index in [1.807, 2.05) is 84.1 Å². The van der Waals surface area contributed by atoms with Gasteiger partial charge in [0.25, 0.3) is 0 Å². The molecule has 0 aliphatic rings. The summed E-state index contributed by atoms with van der Waals surface area (Å²) in [7, 11) is 0. The topological polar surface area (TPSA) is 51.8 Å². The first-order valence-electron chi connectivity index (χ1n) is 16.6. The largest absolute Gasteiger partial charge is 0.456 e. The first-order chi connectivity index (χ1) is 24.8. The second kappa shape index (κ2) is 11.6. The van der Waals surface area contributed by atoms with Crippen molar-refractivity contribution in [1.29, 1.82) is 0 Å². The molecule has 50 heavy (non-hydrogen) atoms. The normalized spacial score (nSPS) is 11.6. The molecule has 0 saturated heterocycles. The van der Waals surface area contributed by atoms with Crippen molar-refractivity contribution in [2.75, 3.05) is 0 Å². The second-order valence-electron chi connectivity index (χ2n) is 12.4. The summed E-state index contributed by atoms with van der Waals surface area (Å²) in [5.41, 5.74) is 9.47. The van der Waals surface area contributed by atoms with Gasteiger partial charge in [-0.1, -0.05) is 140 Å². The Morgan fingerprint density at radius 3 is 1.70 bits per heavy atom. The maximum absolute atomic E-state index is 6.14. The van der Waals surface area contributed by atoms with Crippen LogP contribution in [-0.2, 0) is 0 Å². The van der Waals surface area contributed by atoms with E-state index in [-0.39, 0.29) is 0 Å². The SMILES string of the molecule is c1ccc(-c2nc(-c3ccccc3)nc(-c3ccc4c(c3)sc3c(-c5ccccc5-c5ccc6oc7ccccc7c6c5)cccc34)n2)cc1. The zero-order chi connectivity index (χ0) is 33.0. The first-order valence-corrected chi connectivity index (χ1v) is 17.4. The van der Waals surface area contributed by atoms with Gasteiger partial charge in [0.05, 0.1) is 0 Å². The Bertz CT molecular complexity index is 2820. The molecule has 0 aliphatic heterocycles. The lowest BCUT2D eigenvalue weighted by molar-refractivity contribution is 0.669. The van der Waals surface area contributed by atoms with Gasteiger partial charge < -0.3 is 4.42 Å². The highest BCUT2D eigenvalue weighted by atomic mass is 32.1. The number of thiophene rings is 1. The summed E-state index contributed by atoms with van der Waals surface area (Å²) in [6.45, 7) is 0. The fraction of sp³-hybridized carbons (Fsp3) is 0. The van der Waals surface area contributed by atoms with Crippen LogP contribution in [0, 0.1) is 0 Å².